The van der Waals surface area contributed by atoms with Crippen molar-refractivity contribution >= 4 is 5.97 Å². The van der Waals surface area contributed by atoms with Crippen LogP contribution in [0.2, 0.25) is 0 Å². The van der Waals surface area contributed by atoms with E-state index in [0.29, 0.717) is 0 Å². The minimum absolute atomic E-state index is 0.136. The molecule has 0 saturated carbocycles. The van der Waals surface area contributed by atoms with Gasteiger partial charge in [0.2, 0.25) is 0 Å². The quantitative estimate of drug-likeness (QED) is 0.497. The summed E-state index contributed by atoms with van der Waals surface area (Å²) in [6.07, 6.45) is 8.07. The van der Waals surface area contributed by atoms with Crippen LogP contribution in [0.25, 0.3) is 0 Å². The first kappa shape index (κ1) is 18.4. The fraction of sp³-hybridized carbons (Fsp3) is 0.941. The van der Waals surface area contributed by atoms with Crippen LogP contribution in [0.4, 0.5) is 0 Å². The van der Waals surface area contributed by atoms with E-state index in [1.165, 1.54) is 39.5 Å². The van der Waals surface area contributed by atoms with Crippen molar-refractivity contribution in [1.82, 2.24) is 10.2 Å². The number of nitrogens with one attached hydrogen (secondary N) is 1. The van der Waals surface area contributed by atoms with Gasteiger partial charge in [0.15, 0.2) is 0 Å². The van der Waals surface area contributed by atoms with Crippen molar-refractivity contribution in [2.45, 2.75) is 77.3 Å². The number of hydrogen-bond acceptors (Lipinski definition) is 4. The van der Waals surface area contributed by atoms with Crippen LogP contribution in [0.3, 0.4) is 0 Å². The van der Waals surface area contributed by atoms with Crippen molar-refractivity contribution < 1.29 is 9.53 Å². The van der Waals surface area contributed by atoms with Crippen LogP contribution in [0.15, 0.2) is 0 Å². The zero-order chi connectivity index (χ0) is 15.7. The van der Waals surface area contributed by atoms with E-state index >= 15 is 0 Å². The van der Waals surface area contributed by atoms with Gasteiger partial charge in [0.1, 0.15) is 5.54 Å². The molecule has 0 aromatic rings. The van der Waals surface area contributed by atoms with Crippen LogP contribution in [0, 0.1) is 0 Å². The van der Waals surface area contributed by atoms with Gasteiger partial charge in [-0.2, -0.15) is 0 Å². The van der Waals surface area contributed by atoms with Gasteiger partial charge in [-0.3, -0.25) is 4.79 Å². The highest BCUT2D eigenvalue weighted by atomic mass is 16.5. The first-order chi connectivity index (χ1) is 10.1. The molecular formula is C17H34N2O2. The maximum Gasteiger partial charge on any atom is 0.325 e. The average Bonchev–Trinajstić information content (AvgIpc) is 2.96. The molecule has 1 aliphatic heterocycles. The highest BCUT2D eigenvalue weighted by Crippen LogP contribution is 2.21. The first-order valence-corrected chi connectivity index (χ1v) is 8.64. The van der Waals surface area contributed by atoms with Crippen LogP contribution < -0.4 is 5.32 Å². The van der Waals surface area contributed by atoms with Crippen LogP contribution in [0.1, 0.15) is 65.7 Å². The smallest absolute Gasteiger partial charge is 0.325 e. The molecule has 4 heteroatoms. The summed E-state index contributed by atoms with van der Waals surface area (Å²) < 4.78 is 4.97. The molecule has 1 aliphatic rings. The fourth-order valence-electron chi connectivity index (χ4n) is 3.33. The van der Waals surface area contributed by atoms with Gasteiger partial charge in [0.25, 0.3) is 0 Å². The average molecular weight is 298 g/mol. The third-order valence-electron chi connectivity index (χ3n) is 4.74. The summed E-state index contributed by atoms with van der Waals surface area (Å²) >= 11 is 0. The lowest BCUT2D eigenvalue weighted by Crippen LogP contribution is -2.50. The maximum atomic E-state index is 12.0. The van der Waals surface area contributed by atoms with E-state index < -0.39 is 5.54 Å². The molecule has 1 N–H and O–H groups in total. The molecule has 1 saturated heterocycles. The molecule has 0 aromatic carbocycles. The molecule has 1 rings (SSSR count). The minimum Gasteiger partial charge on any atom is -0.468 e. The van der Waals surface area contributed by atoms with Crippen LogP contribution in [-0.4, -0.2) is 49.2 Å². The Hall–Kier alpha value is -0.610. The topological polar surface area (TPSA) is 41.6 Å². The maximum absolute atomic E-state index is 12.0. The minimum atomic E-state index is -0.528. The number of likely N-dealkylation sites (tertiary alicyclic amines) is 1. The van der Waals surface area contributed by atoms with E-state index in [-0.39, 0.29) is 5.97 Å². The van der Waals surface area contributed by atoms with Crippen molar-refractivity contribution in [1.29, 1.82) is 0 Å². The molecule has 0 aromatic heterocycles. The number of unbranched alkanes of at least 4 members (excludes halogenated alkanes) is 1. The summed E-state index contributed by atoms with van der Waals surface area (Å²) in [6, 6.07) is 0.787. The van der Waals surface area contributed by atoms with Crippen molar-refractivity contribution in [3.8, 4) is 0 Å². The van der Waals surface area contributed by atoms with Gasteiger partial charge in [-0.15, -0.1) is 0 Å². The number of carbonyl (C=O) groups excluding carboxylic acids is 1. The van der Waals surface area contributed by atoms with Gasteiger partial charge in [-0.25, -0.2) is 0 Å². The van der Waals surface area contributed by atoms with Crippen molar-refractivity contribution in [2.24, 2.45) is 0 Å². The van der Waals surface area contributed by atoms with Gasteiger partial charge < -0.3 is 15.0 Å². The Morgan fingerprint density at radius 1 is 1.38 bits per heavy atom. The first-order valence-electron chi connectivity index (χ1n) is 8.64. The number of methoxy groups -OCH3 is 1. The number of hydrogen-bond donors (Lipinski definition) is 1. The van der Waals surface area contributed by atoms with Crippen molar-refractivity contribution in [3.05, 3.63) is 0 Å². The van der Waals surface area contributed by atoms with Gasteiger partial charge in [0.05, 0.1) is 7.11 Å². The van der Waals surface area contributed by atoms with Crippen LogP contribution in [-0.2, 0) is 9.53 Å². The molecule has 0 aliphatic carbocycles. The van der Waals surface area contributed by atoms with Gasteiger partial charge >= 0.3 is 5.97 Å². The zero-order valence-corrected chi connectivity index (χ0v) is 14.4. The van der Waals surface area contributed by atoms with E-state index in [9.17, 15) is 4.79 Å². The van der Waals surface area contributed by atoms with Crippen molar-refractivity contribution in [2.75, 3.05) is 26.7 Å². The van der Waals surface area contributed by atoms with Gasteiger partial charge in [-0.05, 0) is 71.5 Å². The van der Waals surface area contributed by atoms with Crippen LogP contribution in [0.5, 0.6) is 0 Å². The molecule has 21 heavy (non-hydrogen) atoms. The molecule has 4 nitrogen and oxygen atoms in total. The Morgan fingerprint density at radius 2 is 2.14 bits per heavy atom. The second-order valence-electron chi connectivity index (χ2n) is 6.45. The lowest BCUT2D eigenvalue weighted by Gasteiger charge is -2.29. The standard InChI is InChI=1S/C17H34N2O2/c1-5-12-18-17(3,16(20)21-4)11-7-8-13-19-14-9-10-15(19)6-2/h15,18H,5-14H2,1-4H3. The number of esters is 1. The lowest BCUT2D eigenvalue weighted by molar-refractivity contribution is -0.148. The van der Waals surface area contributed by atoms with E-state index in [4.69, 9.17) is 4.74 Å². The normalized spacial score (nSPS) is 22.2. The Kier molecular flexibility index (Phi) is 8.27. The van der Waals surface area contributed by atoms with Gasteiger partial charge in [0, 0.05) is 6.04 Å². The molecular weight excluding hydrogens is 264 g/mol. The predicted octanol–water partition coefficient (Wildman–Crippen LogP) is 2.96. The highest BCUT2D eigenvalue weighted by Gasteiger charge is 2.33. The molecule has 0 amide bonds. The van der Waals surface area contributed by atoms with E-state index in [0.717, 1.165) is 38.3 Å². The Labute approximate surface area is 130 Å². The number of nitrogens with zero attached hydrogens (tertiary/aromatic N) is 1. The van der Waals surface area contributed by atoms with Crippen molar-refractivity contribution in [3.63, 3.8) is 0 Å². The summed E-state index contributed by atoms with van der Waals surface area (Å²) in [5.74, 6) is -0.136. The summed E-state index contributed by atoms with van der Waals surface area (Å²) in [6.45, 7) is 9.65. The second kappa shape index (κ2) is 9.42. The molecule has 0 radical (unpaired) electrons. The number of carbonyl (C=O) groups is 1. The molecule has 1 heterocycles. The third-order valence-corrected chi connectivity index (χ3v) is 4.74. The lowest BCUT2D eigenvalue weighted by atomic mass is 9.94. The Morgan fingerprint density at radius 3 is 2.76 bits per heavy atom. The fourth-order valence-corrected chi connectivity index (χ4v) is 3.33. The number of ether oxygens (including phenoxy) is 1. The highest BCUT2D eigenvalue weighted by molar-refractivity contribution is 5.80. The summed E-state index contributed by atoms with van der Waals surface area (Å²) in [4.78, 5) is 14.6. The molecule has 124 valence electrons. The molecule has 2 unspecified atom stereocenters. The molecule has 0 bridgehead atoms. The molecule has 1 fully saturated rings. The third kappa shape index (κ3) is 5.59. The van der Waals surface area contributed by atoms with E-state index in [2.05, 4.69) is 24.1 Å². The van der Waals surface area contributed by atoms with E-state index in [1.54, 1.807) is 0 Å². The summed E-state index contributed by atoms with van der Waals surface area (Å²) in [7, 11) is 1.48. The monoisotopic (exact) mass is 298 g/mol. The predicted molar refractivity (Wildman–Crippen MR) is 87.5 cm³/mol. The SMILES string of the molecule is CCCNC(C)(CCCCN1CCCC1CC)C(=O)OC. The second-order valence-corrected chi connectivity index (χ2v) is 6.45. The Bertz CT molecular complexity index is 309. The van der Waals surface area contributed by atoms with Crippen LogP contribution >= 0.6 is 0 Å². The Balaban J connectivity index is 2.34. The summed E-state index contributed by atoms with van der Waals surface area (Å²) in [5.41, 5.74) is -0.528. The zero-order valence-electron chi connectivity index (χ0n) is 14.4. The van der Waals surface area contributed by atoms with E-state index in [1.807, 2.05) is 6.92 Å². The summed E-state index contributed by atoms with van der Waals surface area (Å²) in [5, 5.41) is 3.36. The molecule has 2 atom stereocenters. The van der Waals surface area contributed by atoms with Gasteiger partial charge in [-0.1, -0.05) is 13.8 Å². The number of rotatable bonds is 10. The molecule has 0 spiro atoms. The largest absolute Gasteiger partial charge is 0.468 e.